The summed E-state index contributed by atoms with van der Waals surface area (Å²) in [5, 5.41) is 2.73. The lowest BCUT2D eigenvalue weighted by Gasteiger charge is -2.30. The van der Waals surface area contributed by atoms with Crippen LogP contribution in [0.2, 0.25) is 0 Å². The smallest absolute Gasteiger partial charge is 0.272 e. The number of amides is 2. The molecule has 1 fully saturated rings. The first kappa shape index (κ1) is 17.9. The number of anilines is 1. The third-order valence-electron chi connectivity index (χ3n) is 3.86. The van der Waals surface area contributed by atoms with Crippen LogP contribution in [-0.4, -0.2) is 42.8 Å². The molecule has 1 aliphatic heterocycles. The van der Waals surface area contributed by atoms with Gasteiger partial charge in [-0.25, -0.2) is 8.78 Å². The zero-order valence-electron chi connectivity index (χ0n) is 13.2. The van der Waals surface area contributed by atoms with Gasteiger partial charge in [0.05, 0.1) is 5.69 Å². The number of nitrogens with zero attached hydrogens (tertiary/aromatic N) is 1. The summed E-state index contributed by atoms with van der Waals surface area (Å²) in [5.74, 6) is -0.360. The summed E-state index contributed by atoms with van der Waals surface area (Å²) in [6, 6.07) is 6.48. The Labute approximate surface area is 139 Å². The average molecular weight is 338 g/mol. The second-order valence-electron chi connectivity index (χ2n) is 5.49. The van der Waals surface area contributed by atoms with E-state index in [2.05, 4.69) is 11.9 Å². The Kier molecular flexibility index (Phi) is 6.28. The molecule has 0 radical (unpaired) electrons. The van der Waals surface area contributed by atoms with E-state index in [4.69, 9.17) is 4.74 Å². The van der Waals surface area contributed by atoms with Crippen LogP contribution in [0.3, 0.4) is 0 Å². The second-order valence-corrected chi connectivity index (χ2v) is 5.49. The van der Waals surface area contributed by atoms with Crippen molar-refractivity contribution in [3.8, 4) is 5.75 Å². The minimum Gasteiger partial charge on any atom is -0.485 e. The molecule has 24 heavy (non-hydrogen) atoms. The summed E-state index contributed by atoms with van der Waals surface area (Å²) >= 11 is 0. The van der Waals surface area contributed by atoms with Gasteiger partial charge in [0, 0.05) is 19.0 Å². The van der Waals surface area contributed by atoms with Gasteiger partial charge in [-0.3, -0.25) is 9.59 Å². The maximum Gasteiger partial charge on any atom is 0.272 e. The number of nitrogens with one attached hydrogen (secondary N) is 1. The Hall–Kier alpha value is -2.44. The molecule has 0 spiro atoms. The van der Waals surface area contributed by atoms with Gasteiger partial charge in [0.15, 0.2) is 0 Å². The molecule has 1 aromatic carbocycles. The van der Waals surface area contributed by atoms with Crippen molar-refractivity contribution in [3.05, 3.63) is 36.9 Å². The summed E-state index contributed by atoms with van der Waals surface area (Å²) in [6.07, 6.45) is -0.228. The van der Waals surface area contributed by atoms with Crippen molar-refractivity contribution in [2.24, 2.45) is 5.92 Å². The summed E-state index contributed by atoms with van der Waals surface area (Å²) in [6.45, 7) is 3.71. The predicted molar refractivity (Wildman–Crippen MR) is 86.1 cm³/mol. The molecule has 1 N–H and O–H groups in total. The van der Waals surface area contributed by atoms with Gasteiger partial charge >= 0.3 is 0 Å². The number of para-hydroxylation sites is 2. The van der Waals surface area contributed by atoms with E-state index in [9.17, 15) is 18.4 Å². The Balaban J connectivity index is 1.93. The van der Waals surface area contributed by atoms with Gasteiger partial charge in [0.1, 0.15) is 12.4 Å². The highest BCUT2D eigenvalue weighted by atomic mass is 19.3. The first-order valence-electron chi connectivity index (χ1n) is 7.73. The molecular formula is C17H20F2N2O3. The number of carbonyl (C=O) groups excluding carboxylic acids is 2. The van der Waals surface area contributed by atoms with E-state index in [-0.39, 0.29) is 23.5 Å². The lowest BCUT2D eigenvalue weighted by molar-refractivity contribution is -0.130. The van der Waals surface area contributed by atoms with Crippen molar-refractivity contribution in [3.63, 3.8) is 0 Å². The maximum absolute atomic E-state index is 12.4. The minimum atomic E-state index is -2.58. The summed E-state index contributed by atoms with van der Waals surface area (Å²) in [4.78, 5) is 25.6. The lowest BCUT2D eigenvalue weighted by atomic mass is 9.95. The van der Waals surface area contributed by atoms with E-state index < -0.39 is 13.0 Å². The zero-order valence-corrected chi connectivity index (χ0v) is 13.2. The van der Waals surface area contributed by atoms with Crippen molar-refractivity contribution in [1.82, 2.24) is 4.90 Å². The summed E-state index contributed by atoms with van der Waals surface area (Å²) < 4.78 is 29.6. The van der Waals surface area contributed by atoms with Gasteiger partial charge in [-0.2, -0.15) is 0 Å². The number of hydrogen-bond donors (Lipinski definition) is 1. The Morgan fingerprint density at radius 2 is 2.00 bits per heavy atom. The molecule has 0 bridgehead atoms. The number of ether oxygens (including phenoxy) is 1. The number of likely N-dealkylation sites (tertiary alicyclic amines) is 1. The fourth-order valence-electron chi connectivity index (χ4n) is 2.57. The Bertz CT molecular complexity index is 599. The molecule has 0 saturated carbocycles. The third kappa shape index (κ3) is 4.78. The standard InChI is InChI=1S/C17H20F2N2O3/c1-2-16(22)21-9-7-12(8-10-21)17(23)20-13-5-3-4-6-14(13)24-11-15(18)19/h2-6,12,15H,1,7-11H2,(H,20,23). The second kappa shape index (κ2) is 8.42. The molecule has 0 unspecified atom stereocenters. The third-order valence-corrected chi connectivity index (χ3v) is 3.86. The van der Waals surface area contributed by atoms with Crippen LogP contribution in [0.4, 0.5) is 14.5 Å². The molecule has 130 valence electrons. The van der Waals surface area contributed by atoms with E-state index in [1.165, 1.54) is 12.1 Å². The highest BCUT2D eigenvalue weighted by molar-refractivity contribution is 5.94. The number of rotatable bonds is 6. The highest BCUT2D eigenvalue weighted by Crippen LogP contribution is 2.26. The average Bonchev–Trinajstić information content (AvgIpc) is 2.60. The molecule has 7 heteroatoms. The summed E-state index contributed by atoms with van der Waals surface area (Å²) in [7, 11) is 0. The lowest BCUT2D eigenvalue weighted by Crippen LogP contribution is -2.40. The van der Waals surface area contributed by atoms with Crippen molar-refractivity contribution in [2.75, 3.05) is 25.0 Å². The highest BCUT2D eigenvalue weighted by Gasteiger charge is 2.27. The minimum absolute atomic E-state index is 0.139. The Morgan fingerprint density at radius 3 is 2.62 bits per heavy atom. The van der Waals surface area contributed by atoms with Crippen LogP contribution in [0.5, 0.6) is 5.75 Å². The molecule has 2 rings (SSSR count). The Morgan fingerprint density at radius 1 is 1.33 bits per heavy atom. The monoisotopic (exact) mass is 338 g/mol. The number of piperidine rings is 1. The SMILES string of the molecule is C=CC(=O)N1CCC(C(=O)Nc2ccccc2OCC(F)F)CC1. The van der Waals surface area contributed by atoms with Gasteiger partial charge in [0.25, 0.3) is 6.43 Å². The fourth-order valence-corrected chi connectivity index (χ4v) is 2.57. The molecule has 1 saturated heterocycles. The van der Waals surface area contributed by atoms with E-state index >= 15 is 0 Å². The van der Waals surface area contributed by atoms with Gasteiger partial charge in [0.2, 0.25) is 11.8 Å². The fraction of sp³-hybridized carbons (Fsp3) is 0.412. The van der Waals surface area contributed by atoms with Gasteiger partial charge in [-0.1, -0.05) is 18.7 Å². The van der Waals surface area contributed by atoms with Crippen LogP contribution in [0.25, 0.3) is 0 Å². The van der Waals surface area contributed by atoms with E-state index in [0.29, 0.717) is 31.6 Å². The number of benzene rings is 1. The van der Waals surface area contributed by atoms with Gasteiger partial charge < -0.3 is 15.0 Å². The first-order valence-corrected chi connectivity index (χ1v) is 7.73. The quantitative estimate of drug-likeness (QED) is 0.812. The molecule has 5 nitrogen and oxygen atoms in total. The number of carbonyl (C=O) groups is 2. The van der Waals surface area contributed by atoms with Crippen LogP contribution in [-0.2, 0) is 9.59 Å². The van der Waals surface area contributed by atoms with Crippen molar-refractivity contribution >= 4 is 17.5 Å². The van der Waals surface area contributed by atoms with Crippen LogP contribution in [0.15, 0.2) is 36.9 Å². The predicted octanol–water partition coefficient (Wildman–Crippen LogP) is 2.69. The normalized spacial score (nSPS) is 15.2. The van der Waals surface area contributed by atoms with Crippen molar-refractivity contribution in [2.45, 2.75) is 19.3 Å². The molecule has 1 heterocycles. The van der Waals surface area contributed by atoms with Crippen LogP contribution < -0.4 is 10.1 Å². The number of alkyl halides is 2. The maximum atomic E-state index is 12.4. The molecule has 1 aliphatic rings. The molecule has 0 atom stereocenters. The molecule has 2 amide bonds. The largest absolute Gasteiger partial charge is 0.485 e. The molecule has 0 aromatic heterocycles. The van der Waals surface area contributed by atoms with E-state index in [1.54, 1.807) is 23.1 Å². The van der Waals surface area contributed by atoms with Crippen molar-refractivity contribution in [1.29, 1.82) is 0 Å². The molecular weight excluding hydrogens is 318 g/mol. The van der Waals surface area contributed by atoms with Gasteiger partial charge in [-0.15, -0.1) is 0 Å². The van der Waals surface area contributed by atoms with Gasteiger partial charge in [-0.05, 0) is 31.1 Å². The number of hydrogen-bond acceptors (Lipinski definition) is 3. The zero-order chi connectivity index (χ0) is 17.5. The van der Waals surface area contributed by atoms with Crippen LogP contribution in [0, 0.1) is 5.92 Å². The first-order chi connectivity index (χ1) is 11.5. The van der Waals surface area contributed by atoms with E-state index in [1.807, 2.05) is 0 Å². The molecule has 0 aliphatic carbocycles. The topological polar surface area (TPSA) is 58.6 Å². The van der Waals surface area contributed by atoms with Crippen LogP contribution in [0.1, 0.15) is 12.8 Å². The van der Waals surface area contributed by atoms with Crippen molar-refractivity contribution < 1.29 is 23.1 Å². The summed E-state index contributed by atoms with van der Waals surface area (Å²) in [5.41, 5.74) is 0.368. The molecule has 1 aromatic rings. The number of halogens is 2. The van der Waals surface area contributed by atoms with E-state index in [0.717, 1.165) is 0 Å². The van der Waals surface area contributed by atoms with Crippen LogP contribution >= 0.6 is 0 Å².